The van der Waals surface area contributed by atoms with Crippen LogP contribution in [0.3, 0.4) is 0 Å². The monoisotopic (exact) mass is 177 g/mol. The van der Waals surface area contributed by atoms with Gasteiger partial charge in [0.05, 0.1) is 17.1 Å². The zero-order chi connectivity index (χ0) is 9.26. The molecule has 0 saturated carbocycles. The third-order valence-electron chi connectivity index (χ3n) is 2.46. The van der Waals surface area contributed by atoms with Gasteiger partial charge in [-0.15, -0.1) is 0 Å². The summed E-state index contributed by atoms with van der Waals surface area (Å²) in [5.41, 5.74) is 9.12. The average molecular weight is 177 g/mol. The van der Waals surface area contributed by atoms with E-state index in [4.69, 9.17) is 5.73 Å². The maximum Gasteiger partial charge on any atom is 0.0835 e. The minimum absolute atomic E-state index is 0.867. The summed E-state index contributed by atoms with van der Waals surface area (Å²) in [6.07, 6.45) is 0. The van der Waals surface area contributed by atoms with Crippen LogP contribution in [0.5, 0.6) is 0 Å². The quantitative estimate of drug-likeness (QED) is 0.639. The first-order valence-electron chi connectivity index (χ1n) is 4.70. The lowest BCUT2D eigenvalue weighted by atomic mass is 10.1. The molecule has 0 unspecified atom stereocenters. The fraction of sp³-hybridized carbons (Fsp3) is 0.400. The lowest BCUT2D eigenvalue weighted by Crippen LogP contribution is -2.34. The van der Waals surface area contributed by atoms with Gasteiger partial charge in [0, 0.05) is 19.6 Å². The Morgan fingerprint density at radius 2 is 2.38 bits per heavy atom. The van der Waals surface area contributed by atoms with Gasteiger partial charge in [0.1, 0.15) is 0 Å². The molecule has 1 aromatic carbocycles. The second-order valence-corrected chi connectivity index (χ2v) is 3.25. The summed E-state index contributed by atoms with van der Waals surface area (Å²) in [5, 5.41) is 3.35. The van der Waals surface area contributed by atoms with Crippen molar-refractivity contribution >= 4 is 17.1 Å². The van der Waals surface area contributed by atoms with Crippen LogP contribution in [-0.2, 0) is 0 Å². The average Bonchev–Trinajstić information content (AvgIpc) is 2.17. The van der Waals surface area contributed by atoms with Gasteiger partial charge in [-0.1, -0.05) is 6.07 Å². The standard InChI is InChI=1S/C10H15N3/c1-2-13-7-6-12-9-5-3-4-8(11)10(9)13/h3-5,12H,2,6-7,11H2,1H3. The Morgan fingerprint density at radius 3 is 3.15 bits per heavy atom. The molecule has 0 bridgehead atoms. The number of likely N-dealkylation sites (N-methyl/N-ethyl adjacent to an activating group) is 1. The van der Waals surface area contributed by atoms with Crippen molar-refractivity contribution in [3.8, 4) is 0 Å². The van der Waals surface area contributed by atoms with E-state index >= 15 is 0 Å². The van der Waals surface area contributed by atoms with E-state index in [0.717, 1.165) is 36.7 Å². The smallest absolute Gasteiger partial charge is 0.0835 e. The fourth-order valence-electron chi connectivity index (χ4n) is 1.81. The highest BCUT2D eigenvalue weighted by molar-refractivity contribution is 5.83. The van der Waals surface area contributed by atoms with E-state index in [1.807, 2.05) is 12.1 Å². The largest absolute Gasteiger partial charge is 0.397 e. The molecule has 0 aromatic heterocycles. The molecule has 1 aromatic rings. The van der Waals surface area contributed by atoms with Gasteiger partial charge in [0.2, 0.25) is 0 Å². The van der Waals surface area contributed by atoms with E-state index < -0.39 is 0 Å². The van der Waals surface area contributed by atoms with Gasteiger partial charge < -0.3 is 16.0 Å². The summed E-state index contributed by atoms with van der Waals surface area (Å²) >= 11 is 0. The minimum Gasteiger partial charge on any atom is -0.397 e. The van der Waals surface area contributed by atoms with Crippen LogP contribution < -0.4 is 16.0 Å². The first-order chi connectivity index (χ1) is 6.33. The van der Waals surface area contributed by atoms with Gasteiger partial charge in [-0.25, -0.2) is 0 Å². The molecule has 13 heavy (non-hydrogen) atoms. The molecule has 3 N–H and O–H groups in total. The highest BCUT2D eigenvalue weighted by Crippen LogP contribution is 2.33. The van der Waals surface area contributed by atoms with Crippen LogP contribution in [-0.4, -0.2) is 19.6 Å². The topological polar surface area (TPSA) is 41.3 Å². The summed E-state index contributed by atoms with van der Waals surface area (Å²) in [6, 6.07) is 6.02. The number of hydrogen-bond acceptors (Lipinski definition) is 3. The molecule has 2 rings (SSSR count). The van der Waals surface area contributed by atoms with Crippen molar-refractivity contribution in [2.24, 2.45) is 0 Å². The third kappa shape index (κ3) is 1.30. The minimum atomic E-state index is 0.867. The zero-order valence-corrected chi connectivity index (χ0v) is 7.88. The number of nitrogens with one attached hydrogen (secondary N) is 1. The second kappa shape index (κ2) is 3.17. The first-order valence-corrected chi connectivity index (χ1v) is 4.70. The number of hydrogen-bond donors (Lipinski definition) is 2. The van der Waals surface area contributed by atoms with Gasteiger partial charge in [-0.3, -0.25) is 0 Å². The number of rotatable bonds is 1. The number of fused-ring (bicyclic) bond motifs is 1. The summed E-state index contributed by atoms with van der Waals surface area (Å²) in [6.45, 7) is 5.21. The Labute approximate surface area is 78.5 Å². The van der Waals surface area contributed by atoms with E-state index in [1.165, 1.54) is 0 Å². The van der Waals surface area contributed by atoms with E-state index in [1.54, 1.807) is 0 Å². The van der Waals surface area contributed by atoms with Crippen molar-refractivity contribution in [3.63, 3.8) is 0 Å². The Balaban J connectivity index is 2.47. The fourth-order valence-corrected chi connectivity index (χ4v) is 1.81. The van der Waals surface area contributed by atoms with Crippen molar-refractivity contribution < 1.29 is 0 Å². The number of nitrogens with zero attached hydrogens (tertiary/aromatic N) is 1. The highest BCUT2D eigenvalue weighted by Gasteiger charge is 2.16. The molecule has 1 heterocycles. The SMILES string of the molecule is CCN1CCNc2cccc(N)c21. The van der Waals surface area contributed by atoms with Crippen LogP contribution in [0.15, 0.2) is 18.2 Å². The van der Waals surface area contributed by atoms with Crippen LogP contribution in [0, 0.1) is 0 Å². The highest BCUT2D eigenvalue weighted by atomic mass is 15.2. The van der Waals surface area contributed by atoms with Gasteiger partial charge in [-0.2, -0.15) is 0 Å². The van der Waals surface area contributed by atoms with E-state index in [0.29, 0.717) is 0 Å². The maximum atomic E-state index is 5.93. The third-order valence-corrected chi connectivity index (χ3v) is 2.46. The molecule has 70 valence electrons. The molecule has 0 radical (unpaired) electrons. The van der Waals surface area contributed by atoms with Crippen LogP contribution in [0.1, 0.15) is 6.92 Å². The Morgan fingerprint density at radius 1 is 1.54 bits per heavy atom. The zero-order valence-electron chi connectivity index (χ0n) is 7.88. The van der Waals surface area contributed by atoms with E-state index in [-0.39, 0.29) is 0 Å². The van der Waals surface area contributed by atoms with Crippen molar-refractivity contribution in [2.75, 3.05) is 35.6 Å². The van der Waals surface area contributed by atoms with Crippen molar-refractivity contribution in [3.05, 3.63) is 18.2 Å². The number of anilines is 3. The lowest BCUT2D eigenvalue weighted by molar-refractivity contribution is 0.816. The van der Waals surface area contributed by atoms with E-state index in [2.05, 4.69) is 23.2 Å². The molecule has 0 amide bonds. The van der Waals surface area contributed by atoms with Gasteiger partial charge in [-0.05, 0) is 19.1 Å². The van der Waals surface area contributed by atoms with Crippen molar-refractivity contribution in [1.29, 1.82) is 0 Å². The molecule has 3 heteroatoms. The van der Waals surface area contributed by atoms with Crippen LogP contribution in [0.25, 0.3) is 0 Å². The van der Waals surface area contributed by atoms with Gasteiger partial charge >= 0.3 is 0 Å². The Bertz CT molecular complexity index is 309. The van der Waals surface area contributed by atoms with Gasteiger partial charge in [0.15, 0.2) is 0 Å². The predicted octanol–water partition coefficient (Wildman–Crippen LogP) is 1.52. The molecule has 1 aliphatic rings. The van der Waals surface area contributed by atoms with Crippen molar-refractivity contribution in [2.45, 2.75) is 6.92 Å². The molecular formula is C10H15N3. The first kappa shape index (κ1) is 8.23. The Hall–Kier alpha value is -1.38. The summed E-state index contributed by atoms with van der Waals surface area (Å²) in [7, 11) is 0. The molecule has 3 nitrogen and oxygen atoms in total. The molecule has 0 saturated heterocycles. The summed E-state index contributed by atoms with van der Waals surface area (Å²) in [5.74, 6) is 0. The molecule has 0 fully saturated rings. The summed E-state index contributed by atoms with van der Waals surface area (Å²) < 4.78 is 0. The van der Waals surface area contributed by atoms with Crippen LogP contribution >= 0.6 is 0 Å². The molecule has 1 aliphatic heterocycles. The van der Waals surface area contributed by atoms with Crippen LogP contribution in [0.4, 0.5) is 17.1 Å². The van der Waals surface area contributed by atoms with E-state index in [9.17, 15) is 0 Å². The summed E-state index contributed by atoms with van der Waals surface area (Å²) in [4.78, 5) is 2.31. The Kier molecular flexibility index (Phi) is 2.00. The lowest BCUT2D eigenvalue weighted by Gasteiger charge is -2.32. The normalized spacial score (nSPS) is 15.0. The molecular weight excluding hydrogens is 162 g/mol. The van der Waals surface area contributed by atoms with Crippen molar-refractivity contribution in [1.82, 2.24) is 0 Å². The molecule has 0 aliphatic carbocycles. The maximum absolute atomic E-state index is 5.93. The number of nitrogens with two attached hydrogens (primary N) is 1. The number of nitrogen functional groups attached to an aromatic ring is 1. The molecule has 0 spiro atoms. The van der Waals surface area contributed by atoms with Gasteiger partial charge in [0.25, 0.3) is 0 Å². The predicted molar refractivity (Wildman–Crippen MR) is 57.2 cm³/mol. The second-order valence-electron chi connectivity index (χ2n) is 3.25. The number of para-hydroxylation sites is 1. The number of benzene rings is 1. The molecule has 0 atom stereocenters. The van der Waals surface area contributed by atoms with Crippen LogP contribution in [0.2, 0.25) is 0 Å².